The minimum absolute atomic E-state index is 0.185. The van der Waals surface area contributed by atoms with Crippen LogP contribution in [0.1, 0.15) is 36.9 Å². The van der Waals surface area contributed by atoms with E-state index in [2.05, 4.69) is 5.32 Å². The van der Waals surface area contributed by atoms with Gasteiger partial charge >= 0.3 is 5.97 Å². The molecule has 0 saturated heterocycles. The Kier molecular flexibility index (Phi) is 4.48. The van der Waals surface area contributed by atoms with Gasteiger partial charge in [-0.05, 0) is 55.9 Å². The third kappa shape index (κ3) is 3.17. The summed E-state index contributed by atoms with van der Waals surface area (Å²) in [6, 6.07) is 5.77. The monoisotopic (exact) mass is 318 g/mol. The molecule has 2 N–H and O–H groups in total. The van der Waals surface area contributed by atoms with Crippen LogP contribution in [0.15, 0.2) is 18.2 Å². The van der Waals surface area contributed by atoms with Crippen LogP contribution in [-0.2, 0) is 17.6 Å². The van der Waals surface area contributed by atoms with E-state index in [4.69, 9.17) is 21.7 Å². The van der Waals surface area contributed by atoms with E-state index in [9.17, 15) is 4.79 Å². The van der Waals surface area contributed by atoms with E-state index >= 15 is 0 Å². The van der Waals surface area contributed by atoms with E-state index in [1.165, 1.54) is 18.4 Å². The number of halogens is 1. The molecule has 1 aromatic heterocycles. The number of aryl methyl sites for hydroxylation is 1. The van der Waals surface area contributed by atoms with Gasteiger partial charge in [0.1, 0.15) is 0 Å². The molecule has 0 amide bonds. The van der Waals surface area contributed by atoms with E-state index in [0.29, 0.717) is 18.0 Å². The molecule has 4 nitrogen and oxygen atoms in total. The fraction of sp³-hybridized carbons (Fsp3) is 0.412. The molecular formula is C17H19ClN2O2. The summed E-state index contributed by atoms with van der Waals surface area (Å²) in [5.74, 6) is -0.754. The first-order chi connectivity index (χ1) is 10.6. The number of aromatic nitrogens is 1. The fourth-order valence-electron chi connectivity index (χ4n) is 3.05. The summed E-state index contributed by atoms with van der Waals surface area (Å²) in [7, 11) is 0. The van der Waals surface area contributed by atoms with Crippen LogP contribution in [-0.4, -0.2) is 22.6 Å². The summed E-state index contributed by atoms with van der Waals surface area (Å²) in [6.45, 7) is 0.653. The number of anilines is 1. The van der Waals surface area contributed by atoms with Crippen molar-refractivity contribution in [2.45, 2.75) is 38.5 Å². The molecule has 0 aliphatic heterocycles. The number of carboxylic acid groups (broad SMARTS) is 1. The summed E-state index contributed by atoms with van der Waals surface area (Å²) in [6.07, 6.45) is 5.18. The number of carbonyl (C=O) groups is 1. The lowest BCUT2D eigenvalue weighted by Crippen LogP contribution is -2.13. The largest absolute Gasteiger partial charge is 0.481 e. The van der Waals surface area contributed by atoms with Crippen LogP contribution in [0.2, 0.25) is 5.02 Å². The van der Waals surface area contributed by atoms with Crippen LogP contribution < -0.4 is 5.32 Å². The van der Waals surface area contributed by atoms with Crippen LogP contribution in [0.25, 0.3) is 10.9 Å². The average molecular weight is 319 g/mol. The first kappa shape index (κ1) is 15.1. The van der Waals surface area contributed by atoms with Gasteiger partial charge in [-0.15, -0.1) is 0 Å². The lowest BCUT2D eigenvalue weighted by atomic mass is 9.92. The molecule has 0 atom stereocenters. The lowest BCUT2D eigenvalue weighted by Gasteiger charge is -2.21. The van der Waals surface area contributed by atoms with E-state index in [0.717, 1.165) is 35.1 Å². The van der Waals surface area contributed by atoms with Crippen molar-refractivity contribution in [1.82, 2.24) is 4.98 Å². The molecule has 22 heavy (non-hydrogen) atoms. The number of carboxylic acids is 1. The first-order valence-electron chi connectivity index (χ1n) is 7.72. The van der Waals surface area contributed by atoms with Gasteiger partial charge in [0.05, 0.1) is 5.52 Å². The second-order valence-corrected chi connectivity index (χ2v) is 6.14. The molecule has 1 aliphatic carbocycles. The Hall–Kier alpha value is -1.81. The maximum absolute atomic E-state index is 10.6. The van der Waals surface area contributed by atoms with Crippen molar-refractivity contribution in [3.8, 4) is 0 Å². The molecule has 0 unspecified atom stereocenters. The molecule has 0 radical (unpaired) electrons. The van der Waals surface area contributed by atoms with Crippen molar-refractivity contribution < 1.29 is 9.90 Å². The molecular weight excluding hydrogens is 300 g/mol. The van der Waals surface area contributed by atoms with Crippen LogP contribution in [0.3, 0.4) is 0 Å². The van der Waals surface area contributed by atoms with Crippen molar-refractivity contribution in [2.24, 2.45) is 0 Å². The molecule has 0 fully saturated rings. The molecule has 3 rings (SSSR count). The number of nitrogens with one attached hydrogen (secondary N) is 1. The highest BCUT2D eigenvalue weighted by molar-refractivity contribution is 6.31. The molecule has 0 bridgehead atoms. The van der Waals surface area contributed by atoms with Gasteiger partial charge in [0, 0.05) is 34.8 Å². The van der Waals surface area contributed by atoms with Crippen molar-refractivity contribution in [3.63, 3.8) is 0 Å². The third-order valence-corrected chi connectivity index (χ3v) is 4.33. The number of rotatable bonds is 5. The van der Waals surface area contributed by atoms with E-state index in [-0.39, 0.29) is 6.42 Å². The Labute approximate surface area is 134 Å². The Morgan fingerprint density at radius 2 is 2.14 bits per heavy atom. The van der Waals surface area contributed by atoms with E-state index < -0.39 is 5.97 Å². The Morgan fingerprint density at radius 3 is 2.95 bits per heavy atom. The minimum atomic E-state index is -0.754. The standard InChI is InChI=1S/C17H19ClN2O2/c18-11-7-8-13-15(10-11)20-14-5-2-1-4-12(14)17(13)19-9-3-6-16(21)22/h7-8,10H,1-6,9H2,(H,19,20)(H,21,22). The highest BCUT2D eigenvalue weighted by Crippen LogP contribution is 2.34. The molecule has 0 spiro atoms. The molecule has 1 aromatic carbocycles. The maximum Gasteiger partial charge on any atom is 0.303 e. The van der Waals surface area contributed by atoms with Crippen LogP contribution in [0.4, 0.5) is 5.69 Å². The topological polar surface area (TPSA) is 62.2 Å². The second-order valence-electron chi connectivity index (χ2n) is 5.70. The van der Waals surface area contributed by atoms with Crippen LogP contribution in [0, 0.1) is 0 Å². The summed E-state index contributed by atoms with van der Waals surface area (Å²) in [4.78, 5) is 15.4. The van der Waals surface area contributed by atoms with Gasteiger partial charge in [-0.25, -0.2) is 0 Å². The van der Waals surface area contributed by atoms with Gasteiger partial charge in [-0.1, -0.05) is 11.6 Å². The summed E-state index contributed by atoms with van der Waals surface area (Å²) < 4.78 is 0. The summed E-state index contributed by atoms with van der Waals surface area (Å²) in [5.41, 5.74) is 4.47. The number of hydrogen-bond donors (Lipinski definition) is 2. The molecule has 1 aliphatic rings. The van der Waals surface area contributed by atoms with Gasteiger partial charge in [-0.2, -0.15) is 0 Å². The predicted octanol–water partition coefficient (Wildman–Crippen LogP) is 4.04. The normalized spacial score (nSPS) is 13.9. The molecule has 0 saturated carbocycles. The minimum Gasteiger partial charge on any atom is -0.481 e. The van der Waals surface area contributed by atoms with Gasteiger partial charge in [0.15, 0.2) is 0 Å². The van der Waals surface area contributed by atoms with Crippen molar-refractivity contribution in [1.29, 1.82) is 0 Å². The smallest absolute Gasteiger partial charge is 0.303 e. The Morgan fingerprint density at radius 1 is 1.32 bits per heavy atom. The zero-order chi connectivity index (χ0) is 15.5. The fourth-order valence-corrected chi connectivity index (χ4v) is 3.22. The van der Waals surface area contributed by atoms with E-state index in [1.54, 1.807) is 0 Å². The molecule has 116 valence electrons. The van der Waals surface area contributed by atoms with Crippen LogP contribution in [0.5, 0.6) is 0 Å². The Bertz CT molecular complexity index is 715. The van der Waals surface area contributed by atoms with Crippen LogP contribution >= 0.6 is 11.6 Å². The zero-order valence-corrected chi connectivity index (χ0v) is 13.1. The highest BCUT2D eigenvalue weighted by Gasteiger charge is 2.18. The van der Waals surface area contributed by atoms with Gasteiger partial charge in [0.2, 0.25) is 0 Å². The number of pyridine rings is 1. The highest BCUT2D eigenvalue weighted by atomic mass is 35.5. The number of aliphatic carboxylic acids is 1. The molecule has 2 aromatic rings. The molecule has 5 heteroatoms. The predicted molar refractivity (Wildman–Crippen MR) is 88.8 cm³/mol. The van der Waals surface area contributed by atoms with E-state index in [1.807, 2.05) is 18.2 Å². The average Bonchev–Trinajstić information content (AvgIpc) is 2.50. The number of nitrogens with zero attached hydrogens (tertiary/aromatic N) is 1. The summed E-state index contributed by atoms with van der Waals surface area (Å²) in [5, 5.41) is 14.0. The summed E-state index contributed by atoms with van der Waals surface area (Å²) >= 11 is 6.09. The van der Waals surface area contributed by atoms with Gasteiger partial charge in [-0.3, -0.25) is 9.78 Å². The van der Waals surface area contributed by atoms with Crippen molar-refractivity contribution >= 4 is 34.2 Å². The van der Waals surface area contributed by atoms with Crippen molar-refractivity contribution in [2.75, 3.05) is 11.9 Å². The molecule has 1 heterocycles. The lowest BCUT2D eigenvalue weighted by molar-refractivity contribution is -0.137. The third-order valence-electron chi connectivity index (χ3n) is 4.09. The first-order valence-corrected chi connectivity index (χ1v) is 8.09. The zero-order valence-electron chi connectivity index (χ0n) is 12.4. The number of fused-ring (bicyclic) bond motifs is 2. The Balaban J connectivity index is 1.95. The van der Waals surface area contributed by atoms with Gasteiger partial charge in [0.25, 0.3) is 0 Å². The number of benzene rings is 1. The quantitative estimate of drug-likeness (QED) is 0.817. The van der Waals surface area contributed by atoms with Gasteiger partial charge < -0.3 is 10.4 Å². The van der Waals surface area contributed by atoms with Crippen molar-refractivity contribution in [3.05, 3.63) is 34.5 Å². The SMILES string of the molecule is O=C(O)CCCNc1c2c(nc3cc(Cl)ccc13)CCCC2. The maximum atomic E-state index is 10.6. The number of hydrogen-bond acceptors (Lipinski definition) is 3. The second kappa shape index (κ2) is 6.53.